The molecule has 3 rings (SSSR count). The predicted molar refractivity (Wildman–Crippen MR) is 108 cm³/mol. The summed E-state index contributed by atoms with van der Waals surface area (Å²) in [5.41, 5.74) is 3.31. The molecule has 0 saturated carbocycles. The molecule has 1 heterocycles. The van der Waals surface area contributed by atoms with Crippen molar-refractivity contribution in [3.63, 3.8) is 0 Å². The molecule has 1 aliphatic rings. The summed E-state index contributed by atoms with van der Waals surface area (Å²) in [5.74, 6) is -1.91. The Bertz CT molecular complexity index is 880. The summed E-state index contributed by atoms with van der Waals surface area (Å²) in [5, 5.41) is 25.2. The van der Waals surface area contributed by atoms with Gasteiger partial charge < -0.3 is 25.6 Å². The van der Waals surface area contributed by atoms with Gasteiger partial charge in [0.15, 0.2) is 0 Å². The van der Waals surface area contributed by atoms with Crippen LogP contribution in [-0.4, -0.2) is 46.9 Å². The second-order valence-corrected chi connectivity index (χ2v) is 6.90. The summed E-state index contributed by atoms with van der Waals surface area (Å²) in [7, 11) is 0. The molecule has 7 heteroatoms. The van der Waals surface area contributed by atoms with Crippen LogP contribution in [0.15, 0.2) is 66.4 Å². The minimum atomic E-state index is -1.26. The number of nitrogens with one attached hydrogen (secondary N) is 2. The normalized spacial score (nSPS) is 21.0. The molecular weight excluding hydrogens is 372 g/mol. The molecule has 152 valence electrons. The van der Waals surface area contributed by atoms with Crippen LogP contribution >= 0.6 is 0 Å². The lowest BCUT2D eigenvalue weighted by Crippen LogP contribution is -2.56. The van der Waals surface area contributed by atoms with Crippen LogP contribution in [0.25, 0.3) is 11.1 Å². The van der Waals surface area contributed by atoms with Gasteiger partial charge in [0.2, 0.25) is 11.7 Å². The SMILES string of the molecule is CC(=O)N[C@H]1[C@H](CNCc2ccc(-c3ccccc3)cc2)OC(C(=O)O)=C[C@@H]1O. The van der Waals surface area contributed by atoms with E-state index in [2.05, 4.69) is 22.8 Å². The minimum absolute atomic E-state index is 0.257. The van der Waals surface area contributed by atoms with Gasteiger partial charge in [0.1, 0.15) is 12.2 Å². The average molecular weight is 396 g/mol. The molecule has 2 aromatic rings. The van der Waals surface area contributed by atoms with Crippen molar-refractivity contribution in [3.8, 4) is 11.1 Å². The molecule has 0 unspecified atom stereocenters. The van der Waals surface area contributed by atoms with Gasteiger partial charge in [0.25, 0.3) is 0 Å². The second-order valence-electron chi connectivity index (χ2n) is 6.90. The maximum absolute atomic E-state index is 11.4. The van der Waals surface area contributed by atoms with Gasteiger partial charge >= 0.3 is 5.97 Å². The van der Waals surface area contributed by atoms with Crippen LogP contribution in [0.1, 0.15) is 12.5 Å². The lowest BCUT2D eigenvalue weighted by Gasteiger charge is -2.34. The van der Waals surface area contributed by atoms with Crippen molar-refractivity contribution in [1.29, 1.82) is 0 Å². The van der Waals surface area contributed by atoms with Crippen molar-refractivity contribution in [1.82, 2.24) is 10.6 Å². The quantitative estimate of drug-likeness (QED) is 0.567. The monoisotopic (exact) mass is 396 g/mol. The minimum Gasteiger partial charge on any atom is -0.480 e. The van der Waals surface area contributed by atoms with Gasteiger partial charge in [-0.15, -0.1) is 0 Å². The summed E-state index contributed by atoms with van der Waals surface area (Å²) in [6.07, 6.45) is -0.758. The maximum atomic E-state index is 11.4. The Morgan fingerprint density at radius 3 is 2.31 bits per heavy atom. The standard InChI is InChI=1S/C22H24N2O5/c1-14(25)24-21-18(26)11-19(22(27)28)29-20(21)13-23-12-15-7-9-17(10-8-15)16-5-3-2-4-6-16/h2-11,18,20-21,23,26H,12-13H2,1H3,(H,24,25)(H,27,28)/t18-,20-,21+/m0/s1. The van der Waals surface area contributed by atoms with Gasteiger partial charge in [-0.05, 0) is 22.8 Å². The highest BCUT2D eigenvalue weighted by atomic mass is 16.5. The summed E-state index contributed by atoms with van der Waals surface area (Å²) in [6.45, 7) is 2.12. The van der Waals surface area contributed by atoms with Gasteiger partial charge in [0.05, 0.1) is 6.04 Å². The molecule has 3 atom stereocenters. The molecule has 0 fully saturated rings. The zero-order valence-corrected chi connectivity index (χ0v) is 16.0. The van der Waals surface area contributed by atoms with Crippen molar-refractivity contribution in [2.45, 2.75) is 31.7 Å². The van der Waals surface area contributed by atoms with Crippen molar-refractivity contribution in [2.75, 3.05) is 6.54 Å². The highest BCUT2D eigenvalue weighted by molar-refractivity contribution is 5.84. The Morgan fingerprint density at radius 1 is 1.03 bits per heavy atom. The maximum Gasteiger partial charge on any atom is 0.370 e. The fourth-order valence-electron chi connectivity index (χ4n) is 3.26. The van der Waals surface area contributed by atoms with E-state index in [4.69, 9.17) is 9.84 Å². The number of carbonyl (C=O) groups is 2. The van der Waals surface area contributed by atoms with Crippen molar-refractivity contribution in [2.24, 2.45) is 0 Å². The van der Waals surface area contributed by atoms with Crippen LogP contribution in [-0.2, 0) is 20.9 Å². The molecule has 2 aromatic carbocycles. The van der Waals surface area contributed by atoms with E-state index in [1.807, 2.05) is 42.5 Å². The highest BCUT2D eigenvalue weighted by Gasteiger charge is 2.36. The Morgan fingerprint density at radius 2 is 1.69 bits per heavy atom. The average Bonchev–Trinajstić information content (AvgIpc) is 2.71. The van der Waals surface area contributed by atoms with Crippen LogP contribution in [0.2, 0.25) is 0 Å². The Labute approximate surface area is 169 Å². The van der Waals surface area contributed by atoms with E-state index in [0.29, 0.717) is 6.54 Å². The van der Waals surface area contributed by atoms with E-state index in [1.54, 1.807) is 0 Å². The molecule has 0 aromatic heterocycles. The number of aliphatic hydroxyl groups is 1. The van der Waals surface area contributed by atoms with Gasteiger partial charge in [-0.1, -0.05) is 54.6 Å². The third kappa shape index (κ3) is 5.43. The summed E-state index contributed by atoms with van der Waals surface area (Å²) >= 11 is 0. The van der Waals surface area contributed by atoms with E-state index in [-0.39, 0.29) is 18.2 Å². The smallest absolute Gasteiger partial charge is 0.370 e. The Kier molecular flexibility index (Phi) is 6.64. The lowest BCUT2D eigenvalue weighted by molar-refractivity contribution is -0.139. The zero-order valence-electron chi connectivity index (χ0n) is 16.0. The lowest BCUT2D eigenvalue weighted by atomic mass is 10.00. The zero-order chi connectivity index (χ0) is 20.8. The number of carboxylic acids is 1. The van der Waals surface area contributed by atoms with Gasteiger partial charge in [-0.2, -0.15) is 0 Å². The van der Waals surface area contributed by atoms with Crippen LogP contribution in [0.4, 0.5) is 0 Å². The number of carbonyl (C=O) groups excluding carboxylic acids is 1. The summed E-state index contributed by atoms with van der Waals surface area (Å²) in [4.78, 5) is 22.6. The first-order valence-corrected chi connectivity index (χ1v) is 9.36. The van der Waals surface area contributed by atoms with E-state index in [9.17, 15) is 14.7 Å². The van der Waals surface area contributed by atoms with E-state index >= 15 is 0 Å². The molecule has 0 bridgehead atoms. The largest absolute Gasteiger partial charge is 0.480 e. The summed E-state index contributed by atoms with van der Waals surface area (Å²) < 4.78 is 5.47. The predicted octanol–water partition coefficient (Wildman–Crippen LogP) is 1.68. The molecule has 0 spiro atoms. The third-order valence-electron chi connectivity index (χ3n) is 4.69. The van der Waals surface area contributed by atoms with Crippen LogP contribution < -0.4 is 10.6 Å². The van der Waals surface area contributed by atoms with Crippen molar-refractivity contribution < 1.29 is 24.5 Å². The van der Waals surface area contributed by atoms with Crippen LogP contribution in [0, 0.1) is 0 Å². The molecule has 1 aliphatic heterocycles. The first-order valence-electron chi connectivity index (χ1n) is 9.36. The third-order valence-corrected chi connectivity index (χ3v) is 4.69. The number of ether oxygens (including phenoxy) is 1. The number of benzene rings is 2. The number of hydrogen-bond acceptors (Lipinski definition) is 5. The van der Waals surface area contributed by atoms with Crippen molar-refractivity contribution >= 4 is 11.9 Å². The Balaban J connectivity index is 1.61. The van der Waals surface area contributed by atoms with E-state index in [1.165, 1.54) is 6.92 Å². The molecule has 0 aliphatic carbocycles. The van der Waals surface area contributed by atoms with Crippen molar-refractivity contribution in [3.05, 3.63) is 72.0 Å². The van der Waals surface area contributed by atoms with Crippen LogP contribution in [0.3, 0.4) is 0 Å². The first kappa shape index (κ1) is 20.6. The molecule has 0 saturated heterocycles. The topological polar surface area (TPSA) is 108 Å². The Hall–Kier alpha value is -3.16. The molecular formula is C22H24N2O5. The molecule has 4 N–H and O–H groups in total. The fraction of sp³-hybridized carbons (Fsp3) is 0.273. The number of hydrogen-bond donors (Lipinski definition) is 4. The summed E-state index contributed by atoms with van der Waals surface area (Å²) in [6, 6.07) is 17.4. The number of aliphatic carboxylic acids is 1. The number of rotatable bonds is 7. The number of aliphatic hydroxyl groups excluding tert-OH is 1. The van der Waals surface area contributed by atoms with Crippen LogP contribution in [0.5, 0.6) is 0 Å². The van der Waals surface area contributed by atoms with E-state index < -0.39 is 24.2 Å². The number of amides is 1. The fourth-order valence-corrected chi connectivity index (χ4v) is 3.26. The number of carboxylic acid groups (broad SMARTS) is 1. The van der Waals surface area contributed by atoms with Gasteiger partial charge in [-0.25, -0.2) is 4.79 Å². The molecule has 7 nitrogen and oxygen atoms in total. The van der Waals surface area contributed by atoms with E-state index in [0.717, 1.165) is 22.8 Å². The second kappa shape index (κ2) is 9.36. The molecule has 0 radical (unpaired) electrons. The molecule has 1 amide bonds. The highest BCUT2D eigenvalue weighted by Crippen LogP contribution is 2.20. The molecule has 29 heavy (non-hydrogen) atoms. The first-order chi connectivity index (χ1) is 13.9. The van der Waals surface area contributed by atoms with Gasteiger partial charge in [0, 0.05) is 20.0 Å². The van der Waals surface area contributed by atoms with Gasteiger partial charge in [-0.3, -0.25) is 4.79 Å².